The van der Waals surface area contributed by atoms with Gasteiger partial charge in [0.2, 0.25) is 0 Å². The first-order valence-electron chi connectivity index (χ1n) is 8.58. The molecule has 3 rings (SSSR count). The number of amides is 2. The van der Waals surface area contributed by atoms with Crippen molar-refractivity contribution >= 4 is 23.4 Å². The summed E-state index contributed by atoms with van der Waals surface area (Å²) in [6, 6.07) is 12.7. The summed E-state index contributed by atoms with van der Waals surface area (Å²) in [4.78, 5) is 18.1. The number of hydrogen-bond donors (Lipinski definition) is 2. The Kier molecular flexibility index (Phi) is 4.85. The molecule has 2 amide bonds. The molecule has 0 spiro atoms. The summed E-state index contributed by atoms with van der Waals surface area (Å²) in [7, 11) is 1.69. The lowest BCUT2D eigenvalue weighted by molar-refractivity contribution is 0.257. The normalized spacial score (nSPS) is 11.3. The van der Waals surface area contributed by atoms with Crippen molar-refractivity contribution < 1.29 is 9.32 Å². The van der Waals surface area contributed by atoms with E-state index in [9.17, 15) is 4.79 Å². The summed E-state index contributed by atoms with van der Waals surface area (Å²) in [5, 5.41) is 6.65. The van der Waals surface area contributed by atoms with Gasteiger partial charge in [-0.2, -0.15) is 0 Å². The van der Waals surface area contributed by atoms with E-state index in [1.54, 1.807) is 25.4 Å². The van der Waals surface area contributed by atoms with E-state index in [1.165, 1.54) is 4.90 Å². The van der Waals surface area contributed by atoms with Crippen molar-refractivity contribution in [2.24, 2.45) is 0 Å². The van der Waals surface area contributed by atoms with Crippen LogP contribution in [0, 0.1) is 0 Å². The van der Waals surface area contributed by atoms with Crippen LogP contribution < -0.4 is 16.0 Å². The topological polar surface area (TPSA) is 97.3 Å². The third kappa shape index (κ3) is 4.25. The number of anilines is 3. The van der Waals surface area contributed by atoms with Gasteiger partial charge in [-0.3, -0.25) is 10.2 Å². The fraction of sp³-hybridized carbons (Fsp3) is 0.250. The number of carbonyl (C=O) groups excluding carboxylic acids is 1. The molecule has 0 aliphatic carbocycles. The molecule has 0 saturated carbocycles. The van der Waals surface area contributed by atoms with Gasteiger partial charge in [-0.25, -0.2) is 9.78 Å². The van der Waals surface area contributed by atoms with Crippen LogP contribution in [-0.4, -0.2) is 23.2 Å². The maximum absolute atomic E-state index is 12.5. The van der Waals surface area contributed by atoms with Crippen LogP contribution in [0.3, 0.4) is 0 Å². The molecule has 7 nitrogen and oxygen atoms in total. The molecule has 0 unspecified atom stereocenters. The minimum atomic E-state index is -0.300. The second kappa shape index (κ2) is 7.11. The van der Waals surface area contributed by atoms with Crippen molar-refractivity contribution in [1.82, 2.24) is 10.1 Å². The summed E-state index contributed by atoms with van der Waals surface area (Å²) in [6.45, 7) is 6.05. The number of urea groups is 1. The predicted molar refractivity (Wildman–Crippen MR) is 107 cm³/mol. The third-order valence-electron chi connectivity index (χ3n) is 4.16. The largest absolute Gasteiger partial charge is 0.384 e. The summed E-state index contributed by atoms with van der Waals surface area (Å²) in [5.41, 5.74) is 8.14. The van der Waals surface area contributed by atoms with E-state index in [0.717, 1.165) is 16.8 Å². The van der Waals surface area contributed by atoms with E-state index in [1.807, 2.05) is 51.1 Å². The van der Waals surface area contributed by atoms with Crippen LogP contribution in [0.2, 0.25) is 0 Å². The van der Waals surface area contributed by atoms with Crippen molar-refractivity contribution in [3.8, 4) is 11.1 Å². The molecule has 0 saturated heterocycles. The summed E-state index contributed by atoms with van der Waals surface area (Å²) >= 11 is 0. The summed E-state index contributed by atoms with van der Waals surface area (Å²) in [5.74, 6) is 1.58. The van der Waals surface area contributed by atoms with Gasteiger partial charge in [0, 0.05) is 36.0 Å². The molecule has 2 aromatic heterocycles. The number of carbonyl (C=O) groups is 1. The summed E-state index contributed by atoms with van der Waals surface area (Å²) < 4.78 is 5.29. The van der Waals surface area contributed by atoms with Crippen LogP contribution >= 0.6 is 0 Å². The van der Waals surface area contributed by atoms with Gasteiger partial charge >= 0.3 is 6.03 Å². The van der Waals surface area contributed by atoms with Gasteiger partial charge in [0.15, 0.2) is 5.82 Å². The van der Waals surface area contributed by atoms with Crippen LogP contribution in [0.4, 0.5) is 22.1 Å². The average molecular weight is 365 g/mol. The second-order valence-corrected chi connectivity index (χ2v) is 7.33. The molecule has 0 aliphatic rings. The molecule has 3 N–H and O–H groups in total. The lowest BCUT2D eigenvalue weighted by atomic mass is 9.93. The summed E-state index contributed by atoms with van der Waals surface area (Å²) in [6.07, 6.45) is 1.72. The first kappa shape index (κ1) is 18.4. The minimum Gasteiger partial charge on any atom is -0.384 e. The molecular formula is C20H23N5O2. The highest BCUT2D eigenvalue weighted by molar-refractivity contribution is 6.00. The monoisotopic (exact) mass is 365 g/mol. The van der Waals surface area contributed by atoms with Crippen LogP contribution in [0.1, 0.15) is 26.5 Å². The maximum Gasteiger partial charge on any atom is 0.327 e. The number of nitrogens with zero attached hydrogens (tertiary/aromatic N) is 3. The molecule has 0 aliphatic heterocycles. The van der Waals surface area contributed by atoms with E-state index in [-0.39, 0.29) is 11.4 Å². The Morgan fingerprint density at radius 2 is 1.78 bits per heavy atom. The van der Waals surface area contributed by atoms with Crippen molar-refractivity contribution in [2.45, 2.75) is 26.2 Å². The van der Waals surface area contributed by atoms with Crippen molar-refractivity contribution in [3.63, 3.8) is 0 Å². The third-order valence-corrected chi connectivity index (χ3v) is 4.16. The van der Waals surface area contributed by atoms with Crippen molar-refractivity contribution in [2.75, 3.05) is 23.0 Å². The fourth-order valence-electron chi connectivity index (χ4n) is 2.45. The van der Waals surface area contributed by atoms with E-state index >= 15 is 0 Å². The number of nitrogens with one attached hydrogen (secondary N) is 1. The molecule has 3 aromatic rings. The molecular weight excluding hydrogens is 342 g/mol. The van der Waals surface area contributed by atoms with E-state index in [4.69, 9.17) is 10.3 Å². The molecule has 1 aromatic carbocycles. The lowest BCUT2D eigenvalue weighted by Crippen LogP contribution is -2.31. The number of pyridine rings is 1. The standard InChI is InChI=1S/C20H23N5O2/c1-20(2,3)16-11-18(24-27-16)23-19(26)25(4)15-8-5-13(6-9-15)14-7-10-17(21)22-12-14/h5-12H,1-4H3,(H2,21,22)(H,23,24,26). The van der Waals surface area contributed by atoms with E-state index < -0.39 is 0 Å². The SMILES string of the molecule is CN(C(=O)Nc1cc(C(C)(C)C)on1)c1ccc(-c2ccc(N)nc2)cc1. The zero-order valence-corrected chi connectivity index (χ0v) is 15.9. The highest BCUT2D eigenvalue weighted by Crippen LogP contribution is 2.25. The van der Waals surface area contributed by atoms with Crippen LogP contribution in [0.15, 0.2) is 53.2 Å². The lowest BCUT2D eigenvalue weighted by Gasteiger charge is -2.17. The Hall–Kier alpha value is -3.35. The van der Waals surface area contributed by atoms with Crippen LogP contribution in [0.5, 0.6) is 0 Å². The van der Waals surface area contributed by atoms with E-state index in [0.29, 0.717) is 17.4 Å². The number of nitrogen functional groups attached to an aromatic ring is 1. The Balaban J connectivity index is 1.69. The molecule has 27 heavy (non-hydrogen) atoms. The number of rotatable bonds is 3. The Morgan fingerprint density at radius 1 is 1.11 bits per heavy atom. The van der Waals surface area contributed by atoms with Gasteiger partial charge in [-0.1, -0.05) is 38.1 Å². The van der Waals surface area contributed by atoms with Gasteiger partial charge in [0.1, 0.15) is 11.6 Å². The Bertz CT molecular complexity index is 924. The first-order valence-corrected chi connectivity index (χ1v) is 8.58. The molecule has 140 valence electrons. The molecule has 2 heterocycles. The maximum atomic E-state index is 12.5. The van der Waals surface area contributed by atoms with Gasteiger partial charge in [0.25, 0.3) is 0 Å². The van der Waals surface area contributed by atoms with Gasteiger partial charge < -0.3 is 10.3 Å². The predicted octanol–water partition coefficient (Wildman–Crippen LogP) is 4.28. The first-order chi connectivity index (χ1) is 12.7. The minimum absolute atomic E-state index is 0.172. The number of benzene rings is 1. The highest BCUT2D eigenvalue weighted by Gasteiger charge is 2.21. The molecule has 0 fully saturated rings. The highest BCUT2D eigenvalue weighted by atomic mass is 16.5. The van der Waals surface area contributed by atoms with Gasteiger partial charge in [-0.15, -0.1) is 0 Å². The zero-order chi connectivity index (χ0) is 19.6. The second-order valence-electron chi connectivity index (χ2n) is 7.33. The molecule has 7 heteroatoms. The molecule has 0 bridgehead atoms. The number of aromatic nitrogens is 2. The quantitative estimate of drug-likeness (QED) is 0.722. The number of hydrogen-bond acceptors (Lipinski definition) is 5. The molecule has 0 radical (unpaired) electrons. The van der Waals surface area contributed by atoms with Crippen molar-refractivity contribution in [3.05, 3.63) is 54.4 Å². The number of nitrogens with two attached hydrogens (primary N) is 1. The van der Waals surface area contributed by atoms with Crippen LogP contribution in [0.25, 0.3) is 11.1 Å². The zero-order valence-electron chi connectivity index (χ0n) is 15.9. The van der Waals surface area contributed by atoms with Crippen molar-refractivity contribution in [1.29, 1.82) is 0 Å². The van der Waals surface area contributed by atoms with Gasteiger partial charge in [0.05, 0.1) is 0 Å². The smallest absolute Gasteiger partial charge is 0.327 e. The fourth-order valence-corrected chi connectivity index (χ4v) is 2.45. The van der Waals surface area contributed by atoms with E-state index in [2.05, 4.69) is 15.5 Å². The average Bonchev–Trinajstić information content (AvgIpc) is 3.11. The van der Waals surface area contributed by atoms with Crippen LogP contribution in [-0.2, 0) is 5.41 Å². The Morgan fingerprint density at radius 3 is 2.33 bits per heavy atom. The molecule has 0 atom stereocenters. The van der Waals surface area contributed by atoms with Gasteiger partial charge in [-0.05, 0) is 29.8 Å². The Labute approximate surface area is 158 Å².